The molecule has 0 bridgehead atoms. The van der Waals surface area contributed by atoms with Gasteiger partial charge in [-0.2, -0.15) is 0 Å². The number of hydrogen-bond donors (Lipinski definition) is 0. The fourth-order valence-electron chi connectivity index (χ4n) is 1.01. The SMILES string of the molecule is O=C(OC(Cl)(Cl)Cl)OC(Cl)(Cl)Cl.O=[N+]([O-])c1ccccc1CCl. The van der Waals surface area contributed by atoms with Crippen molar-refractivity contribution in [2.24, 2.45) is 0 Å². The van der Waals surface area contributed by atoms with Crippen LogP contribution in [0.5, 0.6) is 0 Å². The van der Waals surface area contributed by atoms with Gasteiger partial charge in [-0.3, -0.25) is 10.1 Å². The van der Waals surface area contributed by atoms with Gasteiger partial charge in [-0.05, 0) is 69.6 Å². The molecule has 1 rings (SSSR count). The quantitative estimate of drug-likeness (QED) is 0.226. The van der Waals surface area contributed by atoms with Crippen LogP contribution in [-0.2, 0) is 15.4 Å². The van der Waals surface area contributed by atoms with Crippen molar-refractivity contribution in [2.75, 3.05) is 0 Å². The smallest absolute Gasteiger partial charge is 0.382 e. The van der Waals surface area contributed by atoms with Gasteiger partial charge < -0.3 is 9.47 Å². The molecular weight excluding hydrogens is 462 g/mol. The molecule has 0 N–H and O–H groups in total. The highest BCUT2D eigenvalue weighted by atomic mass is 35.6. The predicted octanol–water partition coefficient (Wildman–Crippen LogP) is 6.13. The van der Waals surface area contributed by atoms with E-state index in [1.165, 1.54) is 6.07 Å². The second kappa shape index (κ2) is 10.0. The Morgan fingerprint density at radius 3 is 1.78 bits per heavy atom. The number of carbonyl (C=O) groups excluding carboxylic acids is 1. The van der Waals surface area contributed by atoms with Crippen molar-refractivity contribution in [1.82, 2.24) is 0 Å². The van der Waals surface area contributed by atoms with Crippen LogP contribution >= 0.6 is 81.2 Å². The zero-order valence-electron chi connectivity index (χ0n) is 10.7. The first-order chi connectivity index (χ1) is 10.4. The maximum atomic E-state index is 10.5. The Balaban J connectivity index is 0.000000422. The van der Waals surface area contributed by atoms with Gasteiger partial charge in [0.25, 0.3) is 5.69 Å². The summed E-state index contributed by atoms with van der Waals surface area (Å²) in [4.78, 5) is 20.4. The second-order valence-corrected chi connectivity index (χ2v) is 7.99. The van der Waals surface area contributed by atoms with E-state index in [9.17, 15) is 14.9 Å². The van der Waals surface area contributed by atoms with E-state index in [-0.39, 0.29) is 11.6 Å². The highest BCUT2D eigenvalue weighted by Crippen LogP contribution is 2.32. The molecule has 130 valence electrons. The summed E-state index contributed by atoms with van der Waals surface area (Å²) in [7, 11) is 0. The van der Waals surface area contributed by atoms with Gasteiger partial charge in [0.1, 0.15) is 0 Å². The normalized spacial score (nSPS) is 11.1. The van der Waals surface area contributed by atoms with Crippen LogP contribution in [0.25, 0.3) is 0 Å². The van der Waals surface area contributed by atoms with Crippen LogP contribution in [0, 0.1) is 10.1 Å². The van der Waals surface area contributed by atoms with Crippen molar-refractivity contribution >= 4 is 93.0 Å². The Kier molecular flexibility index (Phi) is 10.00. The van der Waals surface area contributed by atoms with Crippen LogP contribution in [0.3, 0.4) is 0 Å². The summed E-state index contributed by atoms with van der Waals surface area (Å²) in [5.41, 5.74) is 0.640. The molecule has 6 nitrogen and oxygen atoms in total. The van der Waals surface area contributed by atoms with Gasteiger partial charge >= 0.3 is 14.1 Å². The number of alkyl halides is 7. The standard InChI is InChI=1S/C7H6ClNO2.C3Cl6O3/c8-5-6-3-1-2-4-7(6)9(10)11;4-2(5,6)11-1(10)12-3(7,8)9/h1-4H,5H2;. The van der Waals surface area contributed by atoms with Crippen molar-refractivity contribution in [2.45, 2.75) is 13.8 Å². The van der Waals surface area contributed by atoms with Gasteiger partial charge in [0, 0.05) is 11.6 Å². The fraction of sp³-hybridized carbons (Fsp3) is 0.300. The molecule has 0 aromatic heterocycles. The third kappa shape index (κ3) is 12.0. The Labute approximate surface area is 165 Å². The van der Waals surface area contributed by atoms with E-state index >= 15 is 0 Å². The minimum absolute atomic E-state index is 0.0856. The number of hydrogen-bond acceptors (Lipinski definition) is 5. The summed E-state index contributed by atoms with van der Waals surface area (Å²) in [6.07, 6.45) is -1.41. The summed E-state index contributed by atoms with van der Waals surface area (Å²) in [6, 6.07) is 6.43. The monoisotopic (exact) mass is 465 g/mol. The summed E-state index contributed by atoms with van der Waals surface area (Å²) in [6.45, 7) is 0. The minimum Gasteiger partial charge on any atom is -0.382 e. The first kappa shape index (κ1) is 22.9. The van der Waals surface area contributed by atoms with E-state index in [4.69, 9.17) is 81.2 Å². The number of rotatable bonds is 2. The Bertz CT molecular complexity index is 525. The van der Waals surface area contributed by atoms with Crippen LogP contribution in [0.1, 0.15) is 5.56 Å². The molecule has 0 saturated heterocycles. The molecule has 0 aliphatic carbocycles. The van der Waals surface area contributed by atoms with E-state index in [2.05, 4.69) is 9.47 Å². The molecule has 13 heteroatoms. The molecule has 0 saturated carbocycles. The third-order valence-corrected chi connectivity index (χ3v) is 2.48. The number of nitrogens with zero attached hydrogens (tertiary/aromatic N) is 1. The molecule has 0 spiro atoms. The number of nitro groups is 1. The zero-order chi connectivity index (χ0) is 18.3. The number of benzene rings is 1. The van der Waals surface area contributed by atoms with Crippen molar-refractivity contribution in [3.8, 4) is 0 Å². The predicted molar refractivity (Wildman–Crippen MR) is 90.8 cm³/mol. The van der Waals surface area contributed by atoms with E-state index in [1.807, 2.05) is 0 Å². The lowest BCUT2D eigenvalue weighted by atomic mass is 10.2. The Morgan fingerprint density at radius 2 is 1.48 bits per heavy atom. The Hall–Kier alpha value is -0.0800. The molecule has 0 unspecified atom stereocenters. The molecule has 1 aromatic carbocycles. The van der Waals surface area contributed by atoms with Gasteiger partial charge in [-0.15, -0.1) is 11.6 Å². The average molecular weight is 468 g/mol. The first-order valence-electron chi connectivity index (χ1n) is 5.19. The molecular formula is C10H6Cl7NO5. The first-order valence-corrected chi connectivity index (χ1v) is 7.99. The molecule has 1 aromatic rings. The largest absolute Gasteiger partial charge is 0.515 e. The van der Waals surface area contributed by atoms with Crippen LogP contribution < -0.4 is 0 Å². The lowest BCUT2D eigenvalue weighted by molar-refractivity contribution is -0.385. The summed E-state index contributed by atoms with van der Waals surface area (Å²) in [5.74, 6) is 0.178. The lowest BCUT2D eigenvalue weighted by Crippen LogP contribution is -2.22. The molecule has 0 fully saturated rings. The number of para-hydroxylation sites is 1. The number of halogens is 7. The highest BCUT2D eigenvalue weighted by Gasteiger charge is 2.32. The van der Waals surface area contributed by atoms with Crippen LogP contribution in [-0.4, -0.2) is 19.0 Å². The molecule has 23 heavy (non-hydrogen) atoms. The summed E-state index contributed by atoms with van der Waals surface area (Å²) >= 11 is 35.7. The average Bonchev–Trinajstić information content (AvgIpc) is 2.34. The third-order valence-electron chi connectivity index (χ3n) is 1.73. The molecule has 0 aliphatic heterocycles. The van der Waals surface area contributed by atoms with E-state index in [0.29, 0.717) is 5.56 Å². The van der Waals surface area contributed by atoms with Gasteiger partial charge in [-0.25, -0.2) is 4.79 Å². The molecule has 0 radical (unpaired) electrons. The van der Waals surface area contributed by atoms with E-state index in [0.717, 1.165) is 0 Å². The zero-order valence-corrected chi connectivity index (χ0v) is 15.9. The van der Waals surface area contributed by atoms with E-state index < -0.39 is 19.0 Å². The highest BCUT2D eigenvalue weighted by molar-refractivity contribution is 6.67. The summed E-state index contributed by atoms with van der Waals surface area (Å²) in [5, 5.41) is 10.3. The van der Waals surface area contributed by atoms with Gasteiger partial charge in [0.2, 0.25) is 0 Å². The second-order valence-electron chi connectivity index (χ2n) is 3.37. The van der Waals surface area contributed by atoms with Crippen molar-refractivity contribution in [3.63, 3.8) is 0 Å². The van der Waals surface area contributed by atoms with Crippen LogP contribution in [0.2, 0.25) is 0 Å². The van der Waals surface area contributed by atoms with Gasteiger partial charge in [0.15, 0.2) is 0 Å². The lowest BCUT2D eigenvalue weighted by Gasteiger charge is -2.15. The molecule has 0 aliphatic rings. The molecule has 0 heterocycles. The number of ether oxygens (including phenoxy) is 2. The minimum atomic E-state index is -2.24. The van der Waals surface area contributed by atoms with Crippen molar-refractivity contribution in [3.05, 3.63) is 39.9 Å². The summed E-state index contributed by atoms with van der Waals surface area (Å²) < 4.78 is 3.50. The molecule has 0 amide bonds. The molecule has 0 atom stereocenters. The topological polar surface area (TPSA) is 78.7 Å². The Morgan fingerprint density at radius 1 is 1.04 bits per heavy atom. The maximum Gasteiger partial charge on any atom is 0.515 e. The van der Waals surface area contributed by atoms with Gasteiger partial charge in [-0.1, -0.05) is 18.2 Å². The van der Waals surface area contributed by atoms with Crippen LogP contribution in [0.15, 0.2) is 24.3 Å². The number of nitro benzene ring substituents is 1. The number of carbonyl (C=O) groups is 1. The van der Waals surface area contributed by atoms with E-state index in [1.54, 1.807) is 18.2 Å². The van der Waals surface area contributed by atoms with Crippen molar-refractivity contribution in [1.29, 1.82) is 0 Å². The van der Waals surface area contributed by atoms with Crippen molar-refractivity contribution < 1.29 is 19.2 Å². The van der Waals surface area contributed by atoms with Gasteiger partial charge in [0.05, 0.1) is 10.8 Å². The fourth-order valence-corrected chi connectivity index (χ4v) is 1.62. The maximum absolute atomic E-state index is 10.5. The van der Waals surface area contributed by atoms with Crippen LogP contribution in [0.4, 0.5) is 10.5 Å².